The van der Waals surface area contributed by atoms with Crippen LogP contribution in [0, 0.1) is 29.6 Å². The van der Waals surface area contributed by atoms with Gasteiger partial charge in [0.25, 0.3) is 0 Å². The molecule has 1 aromatic rings. The standard InChI is InChI=1S/C20H20O5/c1-5-19(4)9-13-15(11(3)17(22)24-13)20(19)16(21)14-10(2)7-6-8-12(14)25-18(20)23/h5-8,11,13,15H,1,9H2,2-4H3/t11-,13-,15-,19-,20+/m0/s1. The van der Waals surface area contributed by atoms with Crippen LogP contribution in [0.15, 0.2) is 30.9 Å². The summed E-state index contributed by atoms with van der Waals surface area (Å²) in [5, 5.41) is 0. The van der Waals surface area contributed by atoms with Gasteiger partial charge in [0.05, 0.1) is 11.5 Å². The Morgan fingerprint density at radius 3 is 2.68 bits per heavy atom. The van der Waals surface area contributed by atoms with Gasteiger partial charge in [-0.2, -0.15) is 0 Å². The monoisotopic (exact) mass is 340 g/mol. The minimum absolute atomic E-state index is 0.281. The Morgan fingerprint density at radius 2 is 2.00 bits per heavy atom. The number of esters is 2. The number of ketones is 1. The maximum absolute atomic E-state index is 13.7. The number of hydrogen-bond acceptors (Lipinski definition) is 5. The molecule has 2 aliphatic heterocycles. The number of aryl methyl sites for hydroxylation is 1. The highest BCUT2D eigenvalue weighted by molar-refractivity contribution is 6.19. The van der Waals surface area contributed by atoms with Crippen molar-refractivity contribution in [3.8, 4) is 5.75 Å². The summed E-state index contributed by atoms with van der Waals surface area (Å²) < 4.78 is 11.1. The van der Waals surface area contributed by atoms with Crippen LogP contribution in [0.1, 0.15) is 36.2 Å². The van der Waals surface area contributed by atoms with E-state index in [0.29, 0.717) is 12.0 Å². The molecule has 1 aliphatic carbocycles. The van der Waals surface area contributed by atoms with Crippen molar-refractivity contribution in [1.29, 1.82) is 0 Å². The van der Waals surface area contributed by atoms with Crippen LogP contribution in [0.4, 0.5) is 0 Å². The van der Waals surface area contributed by atoms with Crippen molar-refractivity contribution >= 4 is 17.7 Å². The molecule has 4 rings (SSSR count). The van der Waals surface area contributed by atoms with E-state index in [1.807, 2.05) is 19.9 Å². The van der Waals surface area contributed by atoms with Gasteiger partial charge in [0.15, 0.2) is 5.78 Å². The fourth-order valence-corrected chi connectivity index (χ4v) is 5.09. The summed E-state index contributed by atoms with van der Waals surface area (Å²) >= 11 is 0. The zero-order chi connectivity index (χ0) is 18.1. The van der Waals surface area contributed by atoms with Crippen LogP contribution < -0.4 is 4.74 Å². The van der Waals surface area contributed by atoms with Gasteiger partial charge in [-0.15, -0.1) is 6.58 Å². The predicted octanol–water partition coefficient (Wildman–Crippen LogP) is 2.86. The molecule has 0 bridgehead atoms. The molecule has 1 saturated heterocycles. The van der Waals surface area contributed by atoms with Crippen molar-refractivity contribution < 1.29 is 23.9 Å². The van der Waals surface area contributed by atoms with E-state index in [2.05, 4.69) is 6.58 Å². The minimum Gasteiger partial charge on any atom is -0.462 e. The topological polar surface area (TPSA) is 69.7 Å². The molecule has 3 aliphatic rings. The van der Waals surface area contributed by atoms with Gasteiger partial charge < -0.3 is 9.47 Å². The van der Waals surface area contributed by atoms with Gasteiger partial charge in [0.2, 0.25) is 0 Å². The number of carbonyl (C=O) groups excluding carboxylic acids is 3. The molecule has 0 aromatic heterocycles. The average Bonchev–Trinajstić information content (AvgIpc) is 2.97. The van der Waals surface area contributed by atoms with E-state index in [0.717, 1.165) is 5.56 Å². The first kappa shape index (κ1) is 16.1. The quantitative estimate of drug-likeness (QED) is 0.340. The van der Waals surface area contributed by atoms with Gasteiger partial charge in [-0.1, -0.05) is 32.1 Å². The lowest BCUT2D eigenvalue weighted by molar-refractivity contribution is -0.151. The lowest BCUT2D eigenvalue weighted by Crippen LogP contribution is -2.57. The largest absolute Gasteiger partial charge is 0.462 e. The van der Waals surface area contributed by atoms with Gasteiger partial charge in [-0.05, 0) is 25.0 Å². The van der Waals surface area contributed by atoms with E-state index in [1.54, 1.807) is 25.1 Å². The van der Waals surface area contributed by atoms with Crippen molar-refractivity contribution in [3.05, 3.63) is 42.0 Å². The zero-order valence-corrected chi connectivity index (χ0v) is 14.5. The number of ether oxygens (including phenoxy) is 2. The molecular weight excluding hydrogens is 320 g/mol. The molecular formula is C20H20O5. The molecule has 2 heterocycles. The van der Waals surface area contributed by atoms with Gasteiger partial charge in [0.1, 0.15) is 17.3 Å². The van der Waals surface area contributed by atoms with Crippen molar-refractivity contribution in [2.75, 3.05) is 0 Å². The number of fused-ring (bicyclic) bond motifs is 3. The third-order valence-corrected chi connectivity index (χ3v) is 6.40. The molecule has 1 aromatic carbocycles. The Kier molecular flexibility index (Phi) is 3.09. The molecule has 130 valence electrons. The average molecular weight is 340 g/mol. The van der Waals surface area contributed by atoms with Crippen LogP contribution in [0.25, 0.3) is 0 Å². The number of allylic oxidation sites excluding steroid dienone is 1. The van der Waals surface area contributed by atoms with Crippen LogP contribution in [0.2, 0.25) is 0 Å². The third kappa shape index (κ3) is 1.66. The first-order chi connectivity index (χ1) is 11.8. The second kappa shape index (κ2) is 4.81. The first-order valence-electron chi connectivity index (χ1n) is 8.48. The summed E-state index contributed by atoms with van der Waals surface area (Å²) in [6.07, 6.45) is 1.56. The smallest absolute Gasteiger partial charge is 0.326 e. The highest BCUT2D eigenvalue weighted by atomic mass is 16.6. The van der Waals surface area contributed by atoms with Gasteiger partial charge in [-0.25, -0.2) is 0 Å². The van der Waals surface area contributed by atoms with Crippen LogP contribution in [-0.4, -0.2) is 23.8 Å². The summed E-state index contributed by atoms with van der Waals surface area (Å²) in [5.74, 6) is -2.05. The summed E-state index contributed by atoms with van der Waals surface area (Å²) in [7, 11) is 0. The molecule has 25 heavy (non-hydrogen) atoms. The van der Waals surface area contributed by atoms with Crippen LogP contribution >= 0.6 is 0 Å². The summed E-state index contributed by atoms with van der Waals surface area (Å²) in [5.41, 5.74) is -1.15. The first-order valence-corrected chi connectivity index (χ1v) is 8.48. The van der Waals surface area contributed by atoms with E-state index in [4.69, 9.17) is 9.47 Å². The van der Waals surface area contributed by atoms with Gasteiger partial charge in [-0.3, -0.25) is 14.4 Å². The third-order valence-electron chi connectivity index (χ3n) is 6.40. The Hall–Kier alpha value is -2.43. The van der Waals surface area contributed by atoms with E-state index >= 15 is 0 Å². The molecule has 1 spiro atoms. The van der Waals surface area contributed by atoms with E-state index in [9.17, 15) is 14.4 Å². The number of hydrogen-bond donors (Lipinski definition) is 0. The lowest BCUT2D eigenvalue weighted by Gasteiger charge is -2.44. The summed E-state index contributed by atoms with van der Waals surface area (Å²) in [4.78, 5) is 39.1. The Morgan fingerprint density at radius 1 is 1.28 bits per heavy atom. The molecule has 1 saturated carbocycles. The second-order valence-corrected chi connectivity index (χ2v) is 7.59. The van der Waals surface area contributed by atoms with Crippen LogP contribution in [-0.2, 0) is 14.3 Å². The highest BCUT2D eigenvalue weighted by Crippen LogP contribution is 2.65. The van der Waals surface area contributed by atoms with Crippen LogP contribution in [0.5, 0.6) is 5.75 Å². The molecule has 0 amide bonds. The summed E-state index contributed by atoms with van der Waals surface area (Å²) in [6, 6.07) is 5.20. The predicted molar refractivity (Wildman–Crippen MR) is 89.0 cm³/mol. The maximum atomic E-state index is 13.7. The van der Waals surface area contributed by atoms with Gasteiger partial charge >= 0.3 is 11.9 Å². The van der Waals surface area contributed by atoms with E-state index in [1.165, 1.54) is 0 Å². The number of benzene rings is 1. The van der Waals surface area contributed by atoms with E-state index in [-0.39, 0.29) is 17.5 Å². The zero-order valence-electron chi connectivity index (χ0n) is 14.5. The molecule has 0 N–H and O–H groups in total. The maximum Gasteiger partial charge on any atom is 0.326 e. The molecule has 2 fully saturated rings. The SMILES string of the molecule is C=C[C@@]1(C)C[C@@H]2OC(=O)[C@@H](C)[C@@H]2[C@@]12C(=O)Oc1cccc(C)c1C2=O. The minimum atomic E-state index is -1.48. The fraction of sp³-hybridized carbons (Fsp3) is 0.450. The van der Waals surface area contributed by atoms with Crippen molar-refractivity contribution in [3.63, 3.8) is 0 Å². The fourth-order valence-electron chi connectivity index (χ4n) is 5.09. The number of rotatable bonds is 1. The Bertz CT molecular complexity index is 840. The molecule has 5 heteroatoms. The number of Topliss-reactive ketones (excluding diaryl/α,β-unsaturated/α-hetero) is 1. The van der Waals surface area contributed by atoms with Crippen LogP contribution in [0.3, 0.4) is 0 Å². The highest BCUT2D eigenvalue weighted by Gasteiger charge is 2.75. The van der Waals surface area contributed by atoms with Crippen molar-refractivity contribution in [2.45, 2.75) is 33.3 Å². The molecule has 5 atom stereocenters. The normalized spacial score (nSPS) is 39.0. The molecule has 0 unspecified atom stereocenters. The molecule has 0 radical (unpaired) electrons. The summed E-state index contributed by atoms with van der Waals surface area (Å²) in [6.45, 7) is 9.26. The van der Waals surface area contributed by atoms with Crippen molar-refractivity contribution in [1.82, 2.24) is 0 Å². The second-order valence-electron chi connectivity index (χ2n) is 7.59. The van der Waals surface area contributed by atoms with Crippen molar-refractivity contribution in [2.24, 2.45) is 22.7 Å². The van der Waals surface area contributed by atoms with E-state index < -0.39 is 34.7 Å². The van der Waals surface area contributed by atoms with Gasteiger partial charge in [0, 0.05) is 11.3 Å². The number of carbonyl (C=O) groups is 3. The Balaban J connectivity index is 2.01. The Labute approximate surface area is 146 Å². The molecule has 5 nitrogen and oxygen atoms in total. The lowest BCUT2D eigenvalue weighted by atomic mass is 9.56.